The summed E-state index contributed by atoms with van der Waals surface area (Å²) in [5.41, 5.74) is 1.54. The van der Waals surface area contributed by atoms with Crippen molar-refractivity contribution in [1.82, 2.24) is 0 Å². The van der Waals surface area contributed by atoms with Gasteiger partial charge in [0.15, 0.2) is 22.7 Å². The largest absolute Gasteiger partial charge is 0.507 e. The molecular weight excluding hydrogens is 472 g/mol. The van der Waals surface area contributed by atoms with E-state index in [-0.39, 0.29) is 39.4 Å². The number of hydrogen-bond donors (Lipinski definition) is 2. The summed E-state index contributed by atoms with van der Waals surface area (Å²) in [5.74, 6) is 0.450. The Kier molecular flexibility index (Phi) is 4.68. The quantitative estimate of drug-likeness (QED) is 0.286. The van der Waals surface area contributed by atoms with Crippen LogP contribution in [0, 0.1) is 0 Å². The first-order valence-electron chi connectivity index (χ1n) is 12.2. The topological polar surface area (TPSA) is 102 Å². The van der Waals surface area contributed by atoms with Gasteiger partial charge in [0.05, 0.1) is 11.1 Å². The monoisotopic (exact) mass is 500 g/mol. The van der Waals surface area contributed by atoms with E-state index >= 15 is 0 Å². The summed E-state index contributed by atoms with van der Waals surface area (Å²) in [6, 6.07) is 1.45. The minimum absolute atomic E-state index is 0.00424. The fourth-order valence-corrected chi connectivity index (χ4v) is 4.98. The minimum atomic E-state index is -0.612. The van der Waals surface area contributed by atoms with Gasteiger partial charge in [-0.25, -0.2) is 0 Å². The van der Waals surface area contributed by atoms with Gasteiger partial charge in [0.1, 0.15) is 33.5 Å². The van der Waals surface area contributed by atoms with Crippen molar-refractivity contribution in [2.75, 3.05) is 0 Å². The van der Waals surface area contributed by atoms with Crippen LogP contribution in [0.1, 0.15) is 58.2 Å². The van der Waals surface area contributed by atoms with Crippen molar-refractivity contribution < 1.29 is 28.5 Å². The number of aromatic hydroxyl groups is 2. The van der Waals surface area contributed by atoms with E-state index in [9.17, 15) is 15.0 Å². The molecule has 0 aliphatic carbocycles. The molecule has 4 heterocycles. The summed E-state index contributed by atoms with van der Waals surface area (Å²) in [5, 5.41) is 22.8. The molecule has 0 saturated carbocycles. The Morgan fingerprint density at radius 2 is 1.49 bits per heavy atom. The van der Waals surface area contributed by atoms with Crippen LogP contribution in [0.5, 0.6) is 23.0 Å². The third kappa shape index (κ3) is 3.44. The molecule has 4 aromatic rings. The molecule has 190 valence electrons. The van der Waals surface area contributed by atoms with E-state index in [1.807, 2.05) is 71.9 Å². The molecule has 6 rings (SSSR count). The zero-order chi connectivity index (χ0) is 26.4. The standard InChI is InChI=1S/C30H28O7/c1-14(2)7-8-15-22(32)21-23(33)20-18-13-19(31)26-16(9-11-30(5,6)37-26)24(18)34-28(20)35-27(21)17-10-12-29(3,4)36-25(15)17/h7,9-13,31-32H,8H2,1-6H3. The average Bonchev–Trinajstić information content (AvgIpc) is 3.16. The molecule has 0 spiro atoms. The van der Waals surface area contributed by atoms with Gasteiger partial charge in [-0.2, -0.15) is 0 Å². The number of phenolic OH excluding ortho intramolecular Hbond substituents is 2. The number of furan rings is 1. The molecule has 0 unspecified atom stereocenters. The first-order chi connectivity index (χ1) is 17.4. The maximum Gasteiger partial charge on any atom is 0.302 e. The molecule has 2 aliphatic heterocycles. The number of hydrogen-bond acceptors (Lipinski definition) is 7. The maximum atomic E-state index is 14.0. The Hall–Kier alpha value is -4.13. The summed E-state index contributed by atoms with van der Waals surface area (Å²) < 4.78 is 24.5. The predicted molar refractivity (Wildman–Crippen MR) is 144 cm³/mol. The van der Waals surface area contributed by atoms with Gasteiger partial charge in [-0.05, 0) is 78.3 Å². The van der Waals surface area contributed by atoms with E-state index in [0.717, 1.165) is 5.57 Å². The summed E-state index contributed by atoms with van der Waals surface area (Å²) in [6.07, 6.45) is 9.76. The van der Waals surface area contributed by atoms with E-state index < -0.39 is 16.6 Å². The highest BCUT2D eigenvalue weighted by molar-refractivity contribution is 6.11. The summed E-state index contributed by atoms with van der Waals surface area (Å²) in [4.78, 5) is 14.0. The number of allylic oxidation sites excluding steroid dienone is 2. The second-order valence-corrected chi connectivity index (χ2v) is 11.0. The number of ether oxygens (including phenoxy) is 2. The van der Waals surface area contributed by atoms with Crippen LogP contribution in [0.25, 0.3) is 45.3 Å². The van der Waals surface area contributed by atoms with Gasteiger partial charge in [-0.3, -0.25) is 4.79 Å². The van der Waals surface area contributed by atoms with Gasteiger partial charge < -0.3 is 28.5 Å². The molecule has 2 aromatic carbocycles. The highest BCUT2D eigenvalue weighted by Crippen LogP contribution is 2.48. The van der Waals surface area contributed by atoms with E-state index in [1.165, 1.54) is 6.07 Å². The lowest BCUT2D eigenvalue weighted by Gasteiger charge is -2.30. The van der Waals surface area contributed by atoms with E-state index in [0.29, 0.717) is 39.8 Å². The van der Waals surface area contributed by atoms with Gasteiger partial charge in [0.2, 0.25) is 5.43 Å². The highest BCUT2D eigenvalue weighted by atomic mass is 16.5. The molecule has 0 amide bonds. The maximum absolute atomic E-state index is 14.0. The lowest BCUT2D eigenvalue weighted by molar-refractivity contribution is 0.153. The highest BCUT2D eigenvalue weighted by Gasteiger charge is 2.33. The number of benzene rings is 2. The van der Waals surface area contributed by atoms with Crippen LogP contribution < -0.4 is 14.9 Å². The van der Waals surface area contributed by atoms with Crippen molar-refractivity contribution in [3.63, 3.8) is 0 Å². The fraction of sp³-hybridized carbons (Fsp3) is 0.300. The van der Waals surface area contributed by atoms with E-state index in [1.54, 1.807) is 0 Å². The van der Waals surface area contributed by atoms with Crippen molar-refractivity contribution >= 4 is 45.3 Å². The van der Waals surface area contributed by atoms with Gasteiger partial charge in [-0.1, -0.05) is 11.6 Å². The Morgan fingerprint density at radius 3 is 2.14 bits per heavy atom. The van der Waals surface area contributed by atoms with E-state index in [2.05, 4.69) is 0 Å². The fourth-order valence-electron chi connectivity index (χ4n) is 4.98. The molecule has 0 bridgehead atoms. The molecule has 0 radical (unpaired) electrons. The lowest BCUT2D eigenvalue weighted by Crippen LogP contribution is -2.28. The number of rotatable bonds is 2. The van der Waals surface area contributed by atoms with Crippen LogP contribution in [0.15, 0.2) is 43.5 Å². The Labute approximate surface area is 212 Å². The molecule has 2 aromatic heterocycles. The van der Waals surface area contributed by atoms with Gasteiger partial charge in [0, 0.05) is 10.9 Å². The summed E-state index contributed by atoms with van der Waals surface area (Å²) >= 11 is 0. The second kappa shape index (κ2) is 7.44. The van der Waals surface area contributed by atoms with Crippen molar-refractivity contribution in [1.29, 1.82) is 0 Å². The van der Waals surface area contributed by atoms with Crippen molar-refractivity contribution in [3.05, 3.63) is 56.8 Å². The lowest BCUT2D eigenvalue weighted by atomic mass is 9.94. The van der Waals surface area contributed by atoms with Crippen LogP contribution in [0.2, 0.25) is 0 Å². The van der Waals surface area contributed by atoms with Gasteiger partial charge in [0.25, 0.3) is 0 Å². The molecule has 0 saturated heterocycles. The van der Waals surface area contributed by atoms with Crippen molar-refractivity contribution in [2.45, 2.75) is 59.2 Å². The molecular formula is C30H28O7. The van der Waals surface area contributed by atoms with Crippen LogP contribution >= 0.6 is 0 Å². The molecule has 2 aliphatic rings. The Bertz CT molecular complexity index is 1800. The van der Waals surface area contributed by atoms with Crippen molar-refractivity contribution in [3.8, 4) is 23.0 Å². The SMILES string of the molecule is CC(C)=CCc1c2c(c3oc4oc5c6c(c(O)cc5c4c(=O)c3c1O)OC(C)(C)C=C6)C=CC(C)(C)O2. The van der Waals surface area contributed by atoms with Crippen LogP contribution in [-0.4, -0.2) is 21.4 Å². The van der Waals surface area contributed by atoms with Crippen LogP contribution in [0.4, 0.5) is 0 Å². The molecule has 2 N–H and O–H groups in total. The average molecular weight is 501 g/mol. The zero-order valence-corrected chi connectivity index (χ0v) is 21.6. The molecule has 0 fully saturated rings. The third-order valence-electron chi connectivity index (χ3n) is 6.83. The normalized spacial score (nSPS) is 16.9. The third-order valence-corrected chi connectivity index (χ3v) is 6.83. The molecule has 0 atom stereocenters. The summed E-state index contributed by atoms with van der Waals surface area (Å²) in [6.45, 7) is 11.5. The Balaban J connectivity index is 1.74. The molecule has 7 heteroatoms. The van der Waals surface area contributed by atoms with Gasteiger partial charge in [-0.15, -0.1) is 0 Å². The first-order valence-corrected chi connectivity index (χ1v) is 12.2. The van der Waals surface area contributed by atoms with E-state index in [4.69, 9.17) is 18.3 Å². The molecule has 37 heavy (non-hydrogen) atoms. The number of phenols is 2. The minimum Gasteiger partial charge on any atom is -0.507 e. The van der Waals surface area contributed by atoms with Crippen LogP contribution in [0.3, 0.4) is 0 Å². The summed E-state index contributed by atoms with van der Waals surface area (Å²) in [7, 11) is 0. The van der Waals surface area contributed by atoms with Gasteiger partial charge >= 0.3 is 5.78 Å². The molecule has 7 nitrogen and oxygen atoms in total. The predicted octanol–water partition coefficient (Wildman–Crippen LogP) is 6.98. The number of fused-ring (bicyclic) bond motifs is 8. The van der Waals surface area contributed by atoms with Crippen molar-refractivity contribution in [2.24, 2.45) is 0 Å². The second-order valence-electron chi connectivity index (χ2n) is 11.0. The first kappa shape index (κ1) is 23.3. The zero-order valence-electron chi connectivity index (χ0n) is 21.6. The van der Waals surface area contributed by atoms with Crippen LogP contribution in [-0.2, 0) is 6.42 Å². The Morgan fingerprint density at radius 1 is 0.892 bits per heavy atom. The smallest absolute Gasteiger partial charge is 0.302 e.